The first-order valence-electron chi connectivity index (χ1n) is 3.36. The lowest BCUT2D eigenvalue weighted by atomic mass is 10.2. The summed E-state index contributed by atoms with van der Waals surface area (Å²) in [5.41, 5.74) is 2.76. The van der Waals surface area contributed by atoms with E-state index in [0.29, 0.717) is 5.92 Å². The van der Waals surface area contributed by atoms with E-state index in [1.165, 1.54) is 0 Å². The van der Waals surface area contributed by atoms with Crippen molar-refractivity contribution in [2.75, 3.05) is 13.1 Å². The Kier molecular flexibility index (Phi) is 5.17. The minimum absolute atomic E-state index is 0.604. The summed E-state index contributed by atoms with van der Waals surface area (Å²) in [6.45, 7) is 7.89. The zero-order chi connectivity index (χ0) is 7.11. The minimum Gasteiger partial charge on any atom is -0.292 e. The van der Waals surface area contributed by atoms with Gasteiger partial charge in [-0.05, 0) is 12.8 Å². The molecule has 3 nitrogen and oxygen atoms in total. The molecular formula is C6H15N3. The van der Waals surface area contributed by atoms with Gasteiger partial charge in [0.25, 0.3) is 0 Å². The van der Waals surface area contributed by atoms with E-state index >= 15 is 0 Å². The molecule has 0 bridgehead atoms. The first kappa shape index (κ1) is 8.40. The van der Waals surface area contributed by atoms with Gasteiger partial charge in [-0.15, -0.1) is 0 Å². The molecule has 1 N–H and O–H groups in total. The van der Waals surface area contributed by atoms with Crippen molar-refractivity contribution in [2.24, 2.45) is 16.3 Å². The second-order valence-electron chi connectivity index (χ2n) is 2.33. The zero-order valence-corrected chi connectivity index (χ0v) is 6.39. The predicted molar refractivity (Wildman–Crippen MR) is 38.2 cm³/mol. The second-order valence-corrected chi connectivity index (χ2v) is 2.33. The molecule has 0 rings (SSSR count). The van der Waals surface area contributed by atoms with Gasteiger partial charge in [0, 0.05) is 6.54 Å². The van der Waals surface area contributed by atoms with E-state index in [1.54, 1.807) is 0 Å². The summed E-state index contributed by atoms with van der Waals surface area (Å²) in [6.07, 6.45) is 0. The molecule has 0 radical (unpaired) electrons. The molecule has 0 saturated heterocycles. The predicted octanol–water partition coefficient (Wildman–Crippen LogP) is 1.62. The fourth-order valence-corrected chi connectivity index (χ4v) is 0.325. The van der Waals surface area contributed by atoms with Crippen molar-refractivity contribution in [3.8, 4) is 0 Å². The third-order valence-electron chi connectivity index (χ3n) is 0.746. The summed E-state index contributed by atoms with van der Waals surface area (Å²) >= 11 is 0. The lowest BCUT2D eigenvalue weighted by molar-refractivity contribution is 0.607. The molecule has 0 aliphatic rings. The summed E-state index contributed by atoms with van der Waals surface area (Å²) < 4.78 is 0. The van der Waals surface area contributed by atoms with Crippen molar-refractivity contribution in [1.82, 2.24) is 5.43 Å². The first-order valence-corrected chi connectivity index (χ1v) is 3.36. The Labute approximate surface area is 56.5 Å². The van der Waals surface area contributed by atoms with E-state index in [-0.39, 0.29) is 0 Å². The Bertz CT molecular complexity index is 78.4. The molecule has 0 saturated carbocycles. The molecule has 0 fully saturated rings. The van der Waals surface area contributed by atoms with Gasteiger partial charge in [0.05, 0.1) is 6.54 Å². The summed E-state index contributed by atoms with van der Waals surface area (Å²) in [5, 5.41) is 7.58. The molecule has 0 unspecified atom stereocenters. The Morgan fingerprint density at radius 2 is 2.11 bits per heavy atom. The second kappa shape index (κ2) is 5.54. The van der Waals surface area contributed by atoms with Crippen molar-refractivity contribution >= 4 is 0 Å². The molecule has 3 heteroatoms. The molecular weight excluding hydrogens is 114 g/mol. The SMILES string of the molecule is CCNN=NCC(C)C. The Morgan fingerprint density at radius 3 is 2.56 bits per heavy atom. The standard InChI is InChI=1S/C6H15N3/c1-4-7-9-8-5-6(2)3/h6H,4-5H2,1-3H3,(H,7,8). The van der Waals surface area contributed by atoms with Gasteiger partial charge in [0.1, 0.15) is 0 Å². The van der Waals surface area contributed by atoms with Crippen molar-refractivity contribution in [3.63, 3.8) is 0 Å². The average Bonchev–Trinajstić information content (AvgIpc) is 1.80. The number of hydrogen-bond acceptors (Lipinski definition) is 2. The number of hydrogen-bond donors (Lipinski definition) is 1. The molecule has 0 aliphatic carbocycles. The fraction of sp³-hybridized carbons (Fsp3) is 1.00. The smallest absolute Gasteiger partial charge is 0.0643 e. The number of rotatable bonds is 4. The van der Waals surface area contributed by atoms with E-state index in [9.17, 15) is 0 Å². The van der Waals surface area contributed by atoms with Crippen LogP contribution in [0.4, 0.5) is 0 Å². The van der Waals surface area contributed by atoms with Gasteiger partial charge < -0.3 is 0 Å². The van der Waals surface area contributed by atoms with Gasteiger partial charge in [-0.1, -0.05) is 19.1 Å². The van der Waals surface area contributed by atoms with Crippen LogP contribution < -0.4 is 5.43 Å². The summed E-state index contributed by atoms with van der Waals surface area (Å²) in [4.78, 5) is 0. The zero-order valence-electron chi connectivity index (χ0n) is 6.39. The van der Waals surface area contributed by atoms with Gasteiger partial charge in [-0.25, -0.2) is 0 Å². The van der Waals surface area contributed by atoms with Gasteiger partial charge in [-0.3, -0.25) is 5.43 Å². The highest BCUT2D eigenvalue weighted by atomic mass is 15.4. The van der Waals surface area contributed by atoms with E-state index in [0.717, 1.165) is 13.1 Å². The van der Waals surface area contributed by atoms with Crippen molar-refractivity contribution in [3.05, 3.63) is 0 Å². The molecule has 0 amide bonds. The molecule has 0 aliphatic heterocycles. The molecule has 0 aromatic carbocycles. The van der Waals surface area contributed by atoms with Gasteiger partial charge in [-0.2, -0.15) is 5.11 Å². The van der Waals surface area contributed by atoms with Gasteiger partial charge in [0.2, 0.25) is 0 Å². The first-order chi connectivity index (χ1) is 4.27. The van der Waals surface area contributed by atoms with Gasteiger partial charge in [0.15, 0.2) is 0 Å². The number of nitrogens with one attached hydrogen (secondary N) is 1. The van der Waals surface area contributed by atoms with E-state index in [4.69, 9.17) is 0 Å². The molecule has 54 valence electrons. The molecule has 9 heavy (non-hydrogen) atoms. The highest BCUT2D eigenvalue weighted by Crippen LogP contribution is 1.90. The summed E-state index contributed by atoms with van der Waals surface area (Å²) in [6, 6.07) is 0. The van der Waals surface area contributed by atoms with Crippen LogP contribution in [-0.2, 0) is 0 Å². The fourth-order valence-electron chi connectivity index (χ4n) is 0.325. The van der Waals surface area contributed by atoms with Crippen LogP contribution in [0.3, 0.4) is 0 Å². The molecule has 0 heterocycles. The minimum atomic E-state index is 0.604. The van der Waals surface area contributed by atoms with Gasteiger partial charge >= 0.3 is 0 Å². The van der Waals surface area contributed by atoms with Crippen LogP contribution in [0, 0.1) is 5.92 Å². The maximum atomic E-state index is 3.87. The molecule has 0 aromatic heterocycles. The van der Waals surface area contributed by atoms with Crippen LogP contribution in [0.25, 0.3) is 0 Å². The van der Waals surface area contributed by atoms with Crippen molar-refractivity contribution in [1.29, 1.82) is 0 Å². The van der Waals surface area contributed by atoms with Crippen LogP contribution in [0.15, 0.2) is 10.3 Å². The number of nitrogens with zero attached hydrogens (tertiary/aromatic N) is 2. The largest absolute Gasteiger partial charge is 0.292 e. The third kappa shape index (κ3) is 7.40. The van der Waals surface area contributed by atoms with Crippen LogP contribution in [0.1, 0.15) is 20.8 Å². The Balaban J connectivity index is 3.04. The Morgan fingerprint density at radius 1 is 1.44 bits per heavy atom. The third-order valence-corrected chi connectivity index (χ3v) is 0.746. The molecule has 0 aromatic rings. The maximum absolute atomic E-state index is 3.87. The maximum Gasteiger partial charge on any atom is 0.0643 e. The van der Waals surface area contributed by atoms with Crippen LogP contribution >= 0.6 is 0 Å². The average molecular weight is 129 g/mol. The summed E-state index contributed by atoms with van der Waals surface area (Å²) in [5.74, 6) is 0.604. The van der Waals surface area contributed by atoms with E-state index < -0.39 is 0 Å². The lowest BCUT2D eigenvalue weighted by Gasteiger charge is -1.95. The lowest BCUT2D eigenvalue weighted by Crippen LogP contribution is -2.02. The van der Waals surface area contributed by atoms with Crippen molar-refractivity contribution < 1.29 is 0 Å². The summed E-state index contributed by atoms with van der Waals surface area (Å²) in [7, 11) is 0. The highest BCUT2D eigenvalue weighted by molar-refractivity contribution is 4.43. The van der Waals surface area contributed by atoms with Crippen LogP contribution in [-0.4, -0.2) is 13.1 Å². The molecule has 0 spiro atoms. The quantitative estimate of drug-likeness (QED) is 0.454. The highest BCUT2D eigenvalue weighted by Gasteiger charge is 1.87. The molecule has 0 atom stereocenters. The van der Waals surface area contributed by atoms with Crippen LogP contribution in [0.5, 0.6) is 0 Å². The topological polar surface area (TPSA) is 36.8 Å². The normalized spacial score (nSPS) is 11.1. The van der Waals surface area contributed by atoms with Crippen molar-refractivity contribution in [2.45, 2.75) is 20.8 Å². The monoisotopic (exact) mass is 129 g/mol. The van der Waals surface area contributed by atoms with E-state index in [2.05, 4.69) is 29.6 Å². The van der Waals surface area contributed by atoms with Crippen LogP contribution in [0.2, 0.25) is 0 Å². The Hall–Kier alpha value is -0.600. The van der Waals surface area contributed by atoms with E-state index in [1.807, 2.05) is 6.92 Å².